The second-order valence-electron chi connectivity index (χ2n) is 4.62. The summed E-state index contributed by atoms with van der Waals surface area (Å²) in [6.07, 6.45) is 1.23. The molecule has 17 heavy (non-hydrogen) atoms. The lowest BCUT2D eigenvalue weighted by Gasteiger charge is -2.23. The molecule has 0 bridgehead atoms. The molecule has 1 aromatic rings. The zero-order chi connectivity index (χ0) is 12.1. The van der Waals surface area contributed by atoms with E-state index in [1.165, 1.54) is 12.0 Å². The van der Waals surface area contributed by atoms with E-state index in [1.54, 1.807) is 0 Å². The first kappa shape index (κ1) is 12.9. The topological polar surface area (TPSA) is 12.5 Å². The Hall–Kier alpha value is -0.540. The molecule has 0 amide bonds. The molecule has 0 saturated carbocycles. The van der Waals surface area contributed by atoms with E-state index in [2.05, 4.69) is 46.0 Å². The summed E-state index contributed by atoms with van der Waals surface area (Å²) in [6, 6.07) is 8.37. The Kier molecular flexibility index (Phi) is 4.86. The fraction of sp³-hybridized carbons (Fsp3) is 0.571. The molecule has 1 aliphatic heterocycles. The van der Waals surface area contributed by atoms with Crippen molar-refractivity contribution in [2.75, 3.05) is 25.0 Å². The molecule has 1 atom stereocenters. The molecule has 0 spiro atoms. The van der Waals surface area contributed by atoms with Gasteiger partial charge >= 0.3 is 0 Å². The van der Waals surface area contributed by atoms with Crippen LogP contribution in [-0.2, 0) is 6.54 Å². The van der Waals surface area contributed by atoms with E-state index in [0.29, 0.717) is 0 Å². The number of ether oxygens (including phenoxy) is 1. The molecule has 0 radical (unpaired) electrons. The van der Waals surface area contributed by atoms with E-state index in [-0.39, 0.29) is 0 Å². The van der Waals surface area contributed by atoms with E-state index in [0.717, 1.165) is 43.2 Å². The molecule has 0 fully saturated rings. The standard InChI is InChI=1S/C14H20BrNO/c1-2-12(9-15)10-16-7-8-17-14-6-4-3-5-13(14)11-16/h3-6,12H,2,7-11H2,1H3. The molecule has 3 heteroatoms. The first-order valence-corrected chi connectivity index (χ1v) is 7.44. The van der Waals surface area contributed by atoms with Gasteiger partial charge in [-0.3, -0.25) is 4.90 Å². The van der Waals surface area contributed by atoms with Gasteiger partial charge in [0.2, 0.25) is 0 Å². The quantitative estimate of drug-likeness (QED) is 0.791. The van der Waals surface area contributed by atoms with Crippen molar-refractivity contribution < 1.29 is 4.74 Å². The Morgan fingerprint density at radius 2 is 2.24 bits per heavy atom. The highest BCUT2D eigenvalue weighted by Crippen LogP contribution is 2.23. The average Bonchev–Trinajstić information content (AvgIpc) is 2.57. The van der Waals surface area contributed by atoms with Gasteiger partial charge in [0.05, 0.1) is 0 Å². The Morgan fingerprint density at radius 1 is 1.41 bits per heavy atom. The van der Waals surface area contributed by atoms with Gasteiger partial charge in [-0.25, -0.2) is 0 Å². The van der Waals surface area contributed by atoms with E-state index >= 15 is 0 Å². The Balaban J connectivity index is 2.02. The predicted molar refractivity (Wildman–Crippen MR) is 74.8 cm³/mol. The number of hydrogen-bond donors (Lipinski definition) is 0. The zero-order valence-corrected chi connectivity index (χ0v) is 11.9. The lowest BCUT2D eigenvalue weighted by atomic mass is 10.1. The summed E-state index contributed by atoms with van der Waals surface area (Å²) in [5, 5.41) is 1.09. The van der Waals surface area contributed by atoms with Crippen molar-refractivity contribution in [3.05, 3.63) is 29.8 Å². The fourth-order valence-corrected chi connectivity index (χ4v) is 2.85. The molecule has 1 aliphatic rings. The summed E-state index contributed by atoms with van der Waals surface area (Å²) in [5.41, 5.74) is 1.31. The molecule has 1 aromatic carbocycles. The number of fused-ring (bicyclic) bond motifs is 1. The zero-order valence-electron chi connectivity index (χ0n) is 10.4. The normalized spacial score (nSPS) is 18.0. The third-order valence-electron chi connectivity index (χ3n) is 3.34. The Bertz CT molecular complexity index is 352. The van der Waals surface area contributed by atoms with Gasteiger partial charge in [0.15, 0.2) is 0 Å². The molecule has 0 N–H and O–H groups in total. The van der Waals surface area contributed by atoms with Gasteiger partial charge in [-0.2, -0.15) is 0 Å². The average molecular weight is 298 g/mol. The molecule has 0 aromatic heterocycles. The number of nitrogens with zero attached hydrogens (tertiary/aromatic N) is 1. The van der Waals surface area contributed by atoms with Crippen molar-refractivity contribution in [1.29, 1.82) is 0 Å². The van der Waals surface area contributed by atoms with Gasteiger partial charge in [-0.15, -0.1) is 0 Å². The maximum Gasteiger partial charge on any atom is 0.123 e. The third kappa shape index (κ3) is 3.46. The minimum absolute atomic E-state index is 0.736. The Labute approximate surface area is 112 Å². The summed E-state index contributed by atoms with van der Waals surface area (Å²) in [4.78, 5) is 2.50. The van der Waals surface area contributed by atoms with Crippen molar-refractivity contribution in [3.63, 3.8) is 0 Å². The molecular weight excluding hydrogens is 278 g/mol. The second-order valence-corrected chi connectivity index (χ2v) is 5.27. The molecule has 0 aliphatic carbocycles. The smallest absolute Gasteiger partial charge is 0.123 e. The molecule has 1 unspecified atom stereocenters. The number of benzene rings is 1. The van der Waals surface area contributed by atoms with Crippen LogP contribution in [0.25, 0.3) is 0 Å². The van der Waals surface area contributed by atoms with Crippen LogP contribution in [-0.4, -0.2) is 29.9 Å². The fourth-order valence-electron chi connectivity index (χ4n) is 2.19. The molecule has 94 valence electrons. The molecule has 1 heterocycles. The summed E-state index contributed by atoms with van der Waals surface area (Å²) in [7, 11) is 0. The van der Waals surface area contributed by atoms with E-state index in [1.807, 2.05) is 6.07 Å². The summed E-state index contributed by atoms with van der Waals surface area (Å²) < 4.78 is 5.77. The SMILES string of the molecule is CCC(CBr)CN1CCOc2ccccc2C1. The number of para-hydroxylation sites is 1. The van der Waals surface area contributed by atoms with E-state index in [9.17, 15) is 0 Å². The third-order valence-corrected chi connectivity index (χ3v) is 4.26. The van der Waals surface area contributed by atoms with Crippen molar-refractivity contribution in [3.8, 4) is 5.75 Å². The molecular formula is C14H20BrNO. The second kappa shape index (κ2) is 6.41. The highest BCUT2D eigenvalue weighted by atomic mass is 79.9. The van der Waals surface area contributed by atoms with Crippen LogP contribution in [0.1, 0.15) is 18.9 Å². The monoisotopic (exact) mass is 297 g/mol. The summed E-state index contributed by atoms with van der Waals surface area (Å²) in [6.45, 7) is 6.25. The van der Waals surface area contributed by atoms with E-state index in [4.69, 9.17) is 4.74 Å². The van der Waals surface area contributed by atoms with Crippen LogP contribution >= 0.6 is 15.9 Å². The first-order valence-electron chi connectivity index (χ1n) is 6.32. The first-order chi connectivity index (χ1) is 8.33. The molecule has 2 nitrogen and oxygen atoms in total. The Morgan fingerprint density at radius 3 is 3.00 bits per heavy atom. The van der Waals surface area contributed by atoms with E-state index < -0.39 is 0 Å². The summed E-state index contributed by atoms with van der Waals surface area (Å²) >= 11 is 3.60. The highest BCUT2D eigenvalue weighted by Gasteiger charge is 2.17. The summed E-state index contributed by atoms with van der Waals surface area (Å²) in [5.74, 6) is 1.79. The van der Waals surface area contributed by atoms with Crippen molar-refractivity contribution in [1.82, 2.24) is 4.90 Å². The number of hydrogen-bond acceptors (Lipinski definition) is 2. The van der Waals surface area contributed by atoms with Gasteiger partial charge in [0.1, 0.15) is 12.4 Å². The number of halogens is 1. The van der Waals surface area contributed by atoms with Crippen LogP contribution in [0.2, 0.25) is 0 Å². The number of alkyl halides is 1. The highest BCUT2D eigenvalue weighted by molar-refractivity contribution is 9.09. The molecule has 0 saturated heterocycles. The predicted octanol–water partition coefficient (Wildman–Crippen LogP) is 3.30. The van der Waals surface area contributed by atoms with Crippen LogP contribution in [0.3, 0.4) is 0 Å². The van der Waals surface area contributed by atoms with Crippen molar-refractivity contribution in [2.45, 2.75) is 19.9 Å². The molecule has 2 rings (SSSR count). The lowest BCUT2D eigenvalue weighted by Crippen LogP contribution is -2.31. The van der Waals surface area contributed by atoms with Gasteiger partial charge < -0.3 is 4.74 Å². The van der Waals surface area contributed by atoms with Gasteiger partial charge in [0, 0.05) is 30.5 Å². The van der Waals surface area contributed by atoms with Gasteiger partial charge in [0.25, 0.3) is 0 Å². The van der Waals surface area contributed by atoms with Crippen LogP contribution in [0.4, 0.5) is 0 Å². The maximum atomic E-state index is 5.77. The van der Waals surface area contributed by atoms with Crippen molar-refractivity contribution in [2.24, 2.45) is 5.92 Å². The number of rotatable bonds is 4. The van der Waals surface area contributed by atoms with Crippen LogP contribution < -0.4 is 4.74 Å². The minimum Gasteiger partial charge on any atom is -0.492 e. The van der Waals surface area contributed by atoms with Crippen LogP contribution in [0.5, 0.6) is 5.75 Å². The maximum absolute atomic E-state index is 5.77. The van der Waals surface area contributed by atoms with Crippen LogP contribution in [0.15, 0.2) is 24.3 Å². The lowest BCUT2D eigenvalue weighted by molar-refractivity contribution is 0.202. The minimum atomic E-state index is 0.736. The van der Waals surface area contributed by atoms with Gasteiger partial charge in [-0.05, 0) is 12.0 Å². The van der Waals surface area contributed by atoms with Crippen LogP contribution in [0, 0.1) is 5.92 Å². The van der Waals surface area contributed by atoms with Gasteiger partial charge in [-0.1, -0.05) is 47.5 Å². The largest absolute Gasteiger partial charge is 0.492 e. The van der Waals surface area contributed by atoms with Crippen molar-refractivity contribution >= 4 is 15.9 Å².